The van der Waals surface area contributed by atoms with Crippen LogP contribution in [0.15, 0.2) is 78.9 Å². The number of carbonyl (C=O) groups is 6. The van der Waals surface area contributed by atoms with Crippen LogP contribution in [0.1, 0.15) is 84.1 Å². The molecular formula is C51H59N9O8. The summed E-state index contributed by atoms with van der Waals surface area (Å²) in [6, 6.07) is 23.2. The molecule has 5 aliphatic rings. The first-order valence-electron chi connectivity index (χ1n) is 23.8. The minimum absolute atomic E-state index is 0.105. The van der Waals surface area contributed by atoms with E-state index in [1.807, 2.05) is 58.3 Å². The van der Waals surface area contributed by atoms with Gasteiger partial charge in [0.15, 0.2) is 12.1 Å². The normalized spacial score (nSPS) is 20.8. The van der Waals surface area contributed by atoms with Crippen LogP contribution in [0.2, 0.25) is 0 Å². The monoisotopic (exact) mass is 925 g/mol. The van der Waals surface area contributed by atoms with Crippen molar-refractivity contribution < 1.29 is 38.6 Å². The summed E-state index contributed by atoms with van der Waals surface area (Å²) in [7, 11) is 1.50. The highest BCUT2D eigenvalue weighted by Crippen LogP contribution is 2.42. The molecule has 9 rings (SSSR count). The number of hydrogen-bond donors (Lipinski definition) is 3. The summed E-state index contributed by atoms with van der Waals surface area (Å²) in [5.74, 6) is -0.552. The van der Waals surface area contributed by atoms with Gasteiger partial charge in [0.1, 0.15) is 11.8 Å². The molecule has 0 bridgehead atoms. The minimum Gasteiger partial charge on any atom is -0.507 e. The summed E-state index contributed by atoms with van der Waals surface area (Å²) < 4.78 is 6.48. The molecule has 5 fully saturated rings. The van der Waals surface area contributed by atoms with E-state index in [-0.39, 0.29) is 53.4 Å². The van der Waals surface area contributed by atoms with Crippen LogP contribution in [0.4, 0.5) is 17.2 Å². The first-order valence-corrected chi connectivity index (χ1v) is 23.8. The number of aromatic nitrogens is 2. The lowest BCUT2D eigenvalue weighted by molar-refractivity contribution is -0.165. The second-order valence-electron chi connectivity index (χ2n) is 19.0. The Bertz CT molecular complexity index is 2570. The zero-order chi connectivity index (χ0) is 47.6. The van der Waals surface area contributed by atoms with Crippen molar-refractivity contribution in [3.63, 3.8) is 0 Å². The number of phenols is 1. The van der Waals surface area contributed by atoms with Crippen molar-refractivity contribution in [1.82, 2.24) is 30.2 Å². The number of morpholine rings is 1. The molecule has 5 aliphatic heterocycles. The number of anilines is 3. The molecule has 5 amide bonds. The number of nitrogen functional groups attached to an aromatic ring is 1. The number of benzene rings is 3. The molecule has 1 aromatic heterocycles. The van der Waals surface area contributed by atoms with Gasteiger partial charge in [-0.1, -0.05) is 42.5 Å². The van der Waals surface area contributed by atoms with Crippen LogP contribution < -0.4 is 20.9 Å². The highest BCUT2D eigenvalue weighted by atomic mass is 16.5. The van der Waals surface area contributed by atoms with E-state index in [0.29, 0.717) is 114 Å². The predicted molar refractivity (Wildman–Crippen MR) is 254 cm³/mol. The van der Waals surface area contributed by atoms with Crippen molar-refractivity contribution in [2.24, 2.45) is 5.92 Å². The van der Waals surface area contributed by atoms with Crippen molar-refractivity contribution in [2.45, 2.75) is 74.8 Å². The van der Waals surface area contributed by atoms with Crippen LogP contribution >= 0.6 is 0 Å². The summed E-state index contributed by atoms with van der Waals surface area (Å²) in [6.45, 7) is 5.04. The molecule has 0 saturated carbocycles. The number of nitrogens with zero attached hydrogens (tertiary/aromatic N) is 7. The maximum absolute atomic E-state index is 14.9. The number of ether oxygens (including phenoxy) is 1. The Morgan fingerprint density at radius 3 is 2.28 bits per heavy atom. The predicted octanol–water partition coefficient (Wildman–Crippen LogP) is 4.19. The van der Waals surface area contributed by atoms with Gasteiger partial charge < -0.3 is 40.1 Å². The molecule has 17 heteroatoms. The Kier molecular flexibility index (Phi) is 13.2. The zero-order valence-corrected chi connectivity index (χ0v) is 38.5. The Labute approximate surface area is 395 Å². The molecule has 1 unspecified atom stereocenters. The maximum atomic E-state index is 14.9. The molecule has 5 saturated heterocycles. The Morgan fingerprint density at radius 2 is 1.57 bits per heavy atom. The van der Waals surface area contributed by atoms with Gasteiger partial charge in [0.05, 0.1) is 34.6 Å². The van der Waals surface area contributed by atoms with Crippen molar-refractivity contribution in [3.05, 3.63) is 95.6 Å². The van der Waals surface area contributed by atoms with Crippen LogP contribution in [0.3, 0.4) is 0 Å². The molecule has 0 aliphatic carbocycles. The standard InChI is InChI=1S/C51H59N9O8/c1-56(41-13-14-44(63)53-47(41)65)48(66)38-12-11-37(30-35(38)32-61)57-21-15-34(16-22-57)29-45(64)60-27-28-68-50(33-60)17-23-59(24-18-50)49(67)51(36-7-3-2-4-8-36)19-25-58(26-20-51)42-31-40(54-55-46(42)52)39-9-5-6-10-43(39)62/h2-12,30-32,34,41,62H,13-29,33H2,1H3,(H2,52,55)(H,53,63,65). The van der Waals surface area contributed by atoms with Gasteiger partial charge in [-0.05, 0) is 92.8 Å². The van der Waals surface area contributed by atoms with Crippen LogP contribution in [-0.4, -0.2) is 143 Å². The third-order valence-electron chi connectivity index (χ3n) is 15.1. The number of rotatable bonds is 10. The van der Waals surface area contributed by atoms with Crippen molar-refractivity contribution in [1.29, 1.82) is 0 Å². The molecule has 6 heterocycles. The number of likely N-dealkylation sites (N-methyl/N-ethyl adjacent to an activating group) is 1. The zero-order valence-electron chi connectivity index (χ0n) is 38.5. The molecule has 17 nitrogen and oxygen atoms in total. The number of amides is 5. The fourth-order valence-corrected chi connectivity index (χ4v) is 11.0. The molecule has 4 aromatic rings. The van der Waals surface area contributed by atoms with Gasteiger partial charge in [-0.25, -0.2) is 0 Å². The first-order chi connectivity index (χ1) is 32.9. The van der Waals surface area contributed by atoms with E-state index < -0.39 is 28.9 Å². The van der Waals surface area contributed by atoms with E-state index in [1.165, 1.54) is 11.9 Å². The van der Waals surface area contributed by atoms with E-state index in [2.05, 4.69) is 25.3 Å². The SMILES string of the molecule is CN(C(=O)c1ccc(N2CCC(CC(=O)N3CCOC4(CCN(C(=O)C5(c6ccccc6)CCN(c6cc(-c7ccccc7O)nnc6N)CC5)CC4)C3)CC2)cc1C=O)C1CCC(=O)NC1=O. The number of carbonyl (C=O) groups excluding carboxylic acids is 6. The number of phenolic OH excluding ortho intramolecular Hbond substituents is 1. The summed E-state index contributed by atoms with van der Waals surface area (Å²) >= 11 is 0. The highest BCUT2D eigenvalue weighted by molar-refractivity contribution is 6.06. The molecular weight excluding hydrogens is 867 g/mol. The topological polar surface area (TPSA) is 212 Å². The van der Waals surface area contributed by atoms with Gasteiger partial charge in [-0.2, -0.15) is 0 Å². The van der Waals surface area contributed by atoms with Crippen LogP contribution in [0.25, 0.3) is 11.3 Å². The lowest BCUT2D eigenvalue weighted by Crippen LogP contribution is -2.61. The fraction of sp³-hybridized carbons (Fsp3) is 0.451. The summed E-state index contributed by atoms with van der Waals surface area (Å²) in [6.07, 6.45) is 5.44. The van der Waals surface area contributed by atoms with Gasteiger partial charge in [0.2, 0.25) is 23.6 Å². The van der Waals surface area contributed by atoms with Crippen LogP contribution in [-0.2, 0) is 29.3 Å². The van der Waals surface area contributed by atoms with Gasteiger partial charge >= 0.3 is 0 Å². The van der Waals surface area contributed by atoms with E-state index >= 15 is 0 Å². The van der Waals surface area contributed by atoms with E-state index in [1.54, 1.807) is 30.3 Å². The number of aromatic hydroxyl groups is 1. The molecule has 1 atom stereocenters. The number of nitrogens with two attached hydrogens (primary N) is 1. The molecule has 356 valence electrons. The van der Waals surface area contributed by atoms with E-state index in [4.69, 9.17) is 10.5 Å². The van der Waals surface area contributed by atoms with Crippen LogP contribution in [0, 0.1) is 5.92 Å². The summed E-state index contributed by atoms with van der Waals surface area (Å²) in [5.41, 5.74) is 9.15. The Balaban J connectivity index is 0.785. The third-order valence-corrected chi connectivity index (χ3v) is 15.1. The van der Waals surface area contributed by atoms with Crippen molar-refractivity contribution in [3.8, 4) is 17.0 Å². The minimum atomic E-state index is -0.796. The third kappa shape index (κ3) is 9.23. The average Bonchev–Trinajstić information content (AvgIpc) is 3.37. The van der Waals surface area contributed by atoms with Gasteiger partial charge in [0, 0.05) is 89.1 Å². The average molecular weight is 926 g/mol. The van der Waals surface area contributed by atoms with Crippen molar-refractivity contribution in [2.75, 3.05) is 81.5 Å². The van der Waals surface area contributed by atoms with E-state index in [0.717, 1.165) is 29.8 Å². The first kappa shape index (κ1) is 46.2. The molecule has 0 radical (unpaired) electrons. The van der Waals surface area contributed by atoms with Crippen molar-refractivity contribution >= 4 is 53.0 Å². The number of hydrogen-bond acceptors (Lipinski definition) is 13. The Morgan fingerprint density at radius 1 is 0.853 bits per heavy atom. The second-order valence-corrected chi connectivity index (χ2v) is 19.0. The number of imide groups is 1. The second kappa shape index (κ2) is 19.4. The number of nitrogens with one attached hydrogen (secondary N) is 1. The molecule has 4 N–H and O–H groups in total. The summed E-state index contributed by atoms with van der Waals surface area (Å²) in [5, 5.41) is 21.3. The molecule has 1 spiro atoms. The maximum Gasteiger partial charge on any atom is 0.255 e. The van der Waals surface area contributed by atoms with Gasteiger partial charge in [0.25, 0.3) is 5.91 Å². The largest absolute Gasteiger partial charge is 0.507 e. The molecule has 3 aromatic carbocycles. The Hall–Kier alpha value is -6.88. The lowest BCUT2D eigenvalue weighted by Gasteiger charge is -2.50. The number of aldehydes is 1. The van der Waals surface area contributed by atoms with Crippen LogP contribution in [0.5, 0.6) is 5.75 Å². The smallest absolute Gasteiger partial charge is 0.255 e. The number of likely N-dealkylation sites (tertiary alicyclic amines) is 1. The van der Waals surface area contributed by atoms with E-state index in [9.17, 15) is 33.9 Å². The fourth-order valence-electron chi connectivity index (χ4n) is 11.0. The number of para-hydroxylation sites is 1. The highest BCUT2D eigenvalue weighted by Gasteiger charge is 2.49. The number of piperidine rings is 4. The summed E-state index contributed by atoms with van der Waals surface area (Å²) in [4.78, 5) is 88.0. The quantitative estimate of drug-likeness (QED) is 0.151. The van der Waals surface area contributed by atoms with Gasteiger partial charge in [-0.15, -0.1) is 10.2 Å². The molecule has 68 heavy (non-hydrogen) atoms. The van der Waals surface area contributed by atoms with Gasteiger partial charge in [-0.3, -0.25) is 34.1 Å². The lowest BCUT2D eigenvalue weighted by atomic mass is 9.71.